The van der Waals surface area contributed by atoms with Gasteiger partial charge in [0.25, 0.3) is 0 Å². The average molecular weight is 224 g/mol. The Kier molecular flexibility index (Phi) is 4.22. The smallest absolute Gasteiger partial charge is 0.104 e. The number of benzene rings is 2. The SMILES string of the molecule is CC[CH2][Al]([c]1ccccc1)[c]1ccccc1. The molecule has 2 aromatic carbocycles. The highest BCUT2D eigenvalue weighted by atomic mass is 27.2. The van der Waals surface area contributed by atoms with Crippen LogP contribution in [-0.2, 0) is 0 Å². The summed E-state index contributed by atoms with van der Waals surface area (Å²) in [6.07, 6.45) is 1.28. The molecular formula is C15H17Al. The lowest BCUT2D eigenvalue weighted by atomic mass is 10.4. The highest BCUT2D eigenvalue weighted by molar-refractivity contribution is 6.85. The number of rotatable bonds is 4. The Hall–Kier alpha value is -1.03. The lowest BCUT2D eigenvalue weighted by Crippen LogP contribution is -2.41. The highest BCUT2D eigenvalue weighted by Gasteiger charge is 2.20. The Morgan fingerprint density at radius 2 is 1.19 bits per heavy atom. The van der Waals surface area contributed by atoms with Crippen LogP contribution in [0.5, 0.6) is 0 Å². The van der Waals surface area contributed by atoms with Gasteiger partial charge in [-0.3, -0.25) is 0 Å². The lowest BCUT2D eigenvalue weighted by Gasteiger charge is -2.11. The van der Waals surface area contributed by atoms with Crippen LogP contribution in [0.2, 0.25) is 5.28 Å². The molecule has 80 valence electrons. The normalized spacial score (nSPS) is 10.1. The second-order valence-electron chi connectivity index (χ2n) is 4.16. The second-order valence-corrected chi connectivity index (χ2v) is 7.18. The Morgan fingerprint density at radius 3 is 1.56 bits per heavy atom. The summed E-state index contributed by atoms with van der Waals surface area (Å²) < 4.78 is 3.13. The average Bonchev–Trinajstić information content (AvgIpc) is 2.38. The summed E-state index contributed by atoms with van der Waals surface area (Å²) in [5.74, 6) is 0. The zero-order valence-electron chi connectivity index (χ0n) is 9.77. The third-order valence-corrected chi connectivity index (χ3v) is 6.52. The van der Waals surface area contributed by atoms with Crippen molar-refractivity contribution in [2.45, 2.75) is 18.6 Å². The molecule has 0 aliphatic heterocycles. The molecule has 0 aromatic heterocycles. The van der Waals surface area contributed by atoms with Crippen LogP contribution in [0.15, 0.2) is 60.7 Å². The Balaban J connectivity index is 2.31. The quantitative estimate of drug-likeness (QED) is 0.700. The summed E-state index contributed by atoms with van der Waals surface area (Å²) in [6.45, 7) is 2.28. The van der Waals surface area contributed by atoms with E-state index in [1.54, 1.807) is 8.85 Å². The van der Waals surface area contributed by atoms with Crippen molar-refractivity contribution < 1.29 is 0 Å². The van der Waals surface area contributed by atoms with Crippen molar-refractivity contribution >= 4 is 23.0 Å². The van der Waals surface area contributed by atoms with E-state index in [1.165, 1.54) is 11.7 Å². The topological polar surface area (TPSA) is 0 Å². The van der Waals surface area contributed by atoms with E-state index in [1.807, 2.05) is 0 Å². The van der Waals surface area contributed by atoms with Crippen LogP contribution in [0.25, 0.3) is 0 Å². The van der Waals surface area contributed by atoms with Gasteiger partial charge in [0.05, 0.1) is 0 Å². The zero-order valence-corrected chi connectivity index (χ0v) is 10.9. The summed E-state index contributed by atoms with van der Waals surface area (Å²) in [5.41, 5.74) is 0. The van der Waals surface area contributed by atoms with Crippen molar-refractivity contribution in [1.82, 2.24) is 0 Å². The van der Waals surface area contributed by atoms with Crippen LogP contribution in [0, 0.1) is 0 Å². The van der Waals surface area contributed by atoms with Gasteiger partial charge in [-0.05, 0) is 0 Å². The van der Waals surface area contributed by atoms with E-state index in [4.69, 9.17) is 0 Å². The summed E-state index contributed by atoms with van der Waals surface area (Å²) in [5, 5.41) is 1.36. The molecule has 0 aliphatic rings. The third-order valence-electron chi connectivity index (χ3n) is 2.98. The minimum absolute atomic E-state index is 0.950. The molecule has 0 saturated heterocycles. The van der Waals surface area contributed by atoms with Gasteiger partial charge in [0.2, 0.25) is 0 Å². The minimum atomic E-state index is -0.950. The minimum Gasteiger partial charge on any atom is -0.104 e. The van der Waals surface area contributed by atoms with E-state index in [2.05, 4.69) is 67.6 Å². The van der Waals surface area contributed by atoms with Crippen LogP contribution >= 0.6 is 0 Å². The molecule has 16 heavy (non-hydrogen) atoms. The zero-order chi connectivity index (χ0) is 11.2. The molecule has 0 atom stereocenters. The molecule has 2 rings (SSSR count). The van der Waals surface area contributed by atoms with E-state index >= 15 is 0 Å². The molecule has 0 saturated carbocycles. The predicted molar refractivity (Wildman–Crippen MR) is 73.0 cm³/mol. The monoisotopic (exact) mass is 224 g/mol. The summed E-state index contributed by atoms with van der Waals surface area (Å²) in [7, 11) is 0. The molecule has 0 aliphatic carbocycles. The first-order valence-electron chi connectivity index (χ1n) is 6.01. The van der Waals surface area contributed by atoms with Gasteiger partial charge in [-0.25, -0.2) is 0 Å². The van der Waals surface area contributed by atoms with Crippen LogP contribution < -0.4 is 8.85 Å². The number of hydrogen-bond acceptors (Lipinski definition) is 0. The fourth-order valence-corrected chi connectivity index (χ4v) is 5.19. The van der Waals surface area contributed by atoms with E-state index < -0.39 is 14.1 Å². The van der Waals surface area contributed by atoms with Crippen molar-refractivity contribution in [3.05, 3.63) is 60.7 Å². The van der Waals surface area contributed by atoms with Gasteiger partial charge in [-0.1, -0.05) is 79.3 Å². The van der Waals surface area contributed by atoms with Gasteiger partial charge in [0, 0.05) is 0 Å². The van der Waals surface area contributed by atoms with Crippen LogP contribution in [-0.4, -0.2) is 14.1 Å². The molecule has 0 heterocycles. The lowest BCUT2D eigenvalue weighted by molar-refractivity contribution is 1.07. The van der Waals surface area contributed by atoms with Crippen molar-refractivity contribution in [1.29, 1.82) is 0 Å². The maximum atomic E-state index is 2.29. The highest BCUT2D eigenvalue weighted by Crippen LogP contribution is 2.00. The molecule has 0 bridgehead atoms. The Bertz CT molecular complexity index is 368. The Morgan fingerprint density at radius 1 is 0.750 bits per heavy atom. The van der Waals surface area contributed by atoms with Gasteiger partial charge in [-0.2, -0.15) is 0 Å². The first-order valence-corrected chi connectivity index (χ1v) is 7.99. The van der Waals surface area contributed by atoms with Gasteiger partial charge < -0.3 is 0 Å². The fourth-order valence-electron chi connectivity index (χ4n) is 2.19. The standard InChI is InChI=1S/2C6H5.C3H7.Al/c2*1-2-4-6-5-3-1;1-3-2;/h2*1-5H;1,3H2,2H3;. The summed E-state index contributed by atoms with van der Waals surface area (Å²) in [4.78, 5) is 0. The molecule has 0 radical (unpaired) electrons. The van der Waals surface area contributed by atoms with E-state index in [-0.39, 0.29) is 0 Å². The molecule has 1 heteroatoms. The predicted octanol–water partition coefficient (Wildman–Crippen LogP) is 2.71. The van der Waals surface area contributed by atoms with E-state index in [9.17, 15) is 0 Å². The summed E-state index contributed by atoms with van der Waals surface area (Å²) in [6, 6.07) is 22.0. The van der Waals surface area contributed by atoms with Crippen molar-refractivity contribution in [2.75, 3.05) is 0 Å². The van der Waals surface area contributed by atoms with Crippen LogP contribution in [0.4, 0.5) is 0 Å². The van der Waals surface area contributed by atoms with Gasteiger partial charge >= 0.3 is 14.1 Å². The molecule has 2 aromatic rings. The van der Waals surface area contributed by atoms with Crippen molar-refractivity contribution in [3.8, 4) is 0 Å². The van der Waals surface area contributed by atoms with E-state index in [0.29, 0.717) is 0 Å². The van der Waals surface area contributed by atoms with Gasteiger partial charge in [0.15, 0.2) is 0 Å². The van der Waals surface area contributed by atoms with Crippen LogP contribution in [0.3, 0.4) is 0 Å². The van der Waals surface area contributed by atoms with Crippen LogP contribution in [0.1, 0.15) is 13.3 Å². The molecule has 0 unspecified atom stereocenters. The molecular weight excluding hydrogens is 207 g/mol. The fraction of sp³-hybridized carbons (Fsp3) is 0.200. The second kappa shape index (κ2) is 5.89. The van der Waals surface area contributed by atoms with Crippen molar-refractivity contribution in [3.63, 3.8) is 0 Å². The molecule has 0 N–H and O–H groups in total. The molecule has 0 nitrogen and oxygen atoms in total. The van der Waals surface area contributed by atoms with Crippen molar-refractivity contribution in [2.24, 2.45) is 0 Å². The van der Waals surface area contributed by atoms with E-state index in [0.717, 1.165) is 0 Å². The first-order chi connectivity index (χ1) is 7.92. The first kappa shape index (κ1) is 11.5. The van der Waals surface area contributed by atoms with Gasteiger partial charge in [-0.15, -0.1) is 8.85 Å². The molecule has 0 amide bonds. The summed E-state index contributed by atoms with van der Waals surface area (Å²) >= 11 is -0.950. The Labute approximate surface area is 102 Å². The molecule has 0 fully saturated rings. The number of hydrogen-bond donors (Lipinski definition) is 0. The molecule has 0 spiro atoms. The maximum absolute atomic E-state index is 2.29. The largest absolute Gasteiger partial charge is 0.345 e. The maximum Gasteiger partial charge on any atom is 0.345 e. The third kappa shape index (κ3) is 2.76. The van der Waals surface area contributed by atoms with Gasteiger partial charge in [0.1, 0.15) is 0 Å².